The Labute approximate surface area is 191 Å². The van der Waals surface area contributed by atoms with Gasteiger partial charge in [-0.25, -0.2) is 4.98 Å². The molecule has 6 nitrogen and oxygen atoms in total. The maximum absolute atomic E-state index is 5.75. The summed E-state index contributed by atoms with van der Waals surface area (Å²) in [6.07, 6.45) is 3.79. The molecule has 1 aliphatic heterocycles. The summed E-state index contributed by atoms with van der Waals surface area (Å²) in [7, 11) is 1.85. The first-order chi connectivity index (χ1) is 13.9. The Bertz CT molecular complexity index is 706. The standard InChI is InChI=1S/C22H31N5O.HI/c1-23-22(25-13-7-18-28-19-11-20-8-3-2-4-9-20)27-16-14-26(15-17-27)21-10-5-6-12-24-21;/h2-6,8-10,12H,7,11,13-19H2,1H3,(H,23,25);1H. The monoisotopic (exact) mass is 509 g/mol. The molecular formula is C22H32IN5O. The van der Waals surface area contributed by atoms with Gasteiger partial charge in [0.05, 0.1) is 6.61 Å². The van der Waals surface area contributed by atoms with Gasteiger partial charge < -0.3 is 19.9 Å². The Morgan fingerprint density at radius 2 is 1.79 bits per heavy atom. The molecule has 0 bridgehead atoms. The summed E-state index contributed by atoms with van der Waals surface area (Å²) in [4.78, 5) is 13.5. The van der Waals surface area contributed by atoms with Crippen LogP contribution in [0.15, 0.2) is 59.7 Å². The van der Waals surface area contributed by atoms with Gasteiger partial charge in [-0.2, -0.15) is 0 Å². The zero-order valence-corrected chi connectivity index (χ0v) is 19.5. The molecule has 0 atom stereocenters. The van der Waals surface area contributed by atoms with Gasteiger partial charge in [0, 0.05) is 52.6 Å². The van der Waals surface area contributed by atoms with E-state index >= 15 is 0 Å². The first-order valence-electron chi connectivity index (χ1n) is 10.1. The molecule has 0 amide bonds. The number of nitrogens with zero attached hydrogens (tertiary/aromatic N) is 4. The zero-order chi connectivity index (χ0) is 19.4. The Morgan fingerprint density at radius 1 is 1.03 bits per heavy atom. The van der Waals surface area contributed by atoms with Crippen molar-refractivity contribution in [1.29, 1.82) is 0 Å². The second-order valence-electron chi connectivity index (χ2n) is 6.84. The number of nitrogens with one attached hydrogen (secondary N) is 1. The summed E-state index contributed by atoms with van der Waals surface area (Å²) in [5.74, 6) is 2.03. The minimum atomic E-state index is 0. The van der Waals surface area contributed by atoms with Gasteiger partial charge in [-0.3, -0.25) is 4.99 Å². The summed E-state index contributed by atoms with van der Waals surface area (Å²) in [6, 6.07) is 16.5. The van der Waals surface area contributed by atoms with E-state index in [0.717, 1.165) is 70.6 Å². The van der Waals surface area contributed by atoms with Gasteiger partial charge in [-0.15, -0.1) is 24.0 Å². The molecule has 158 valence electrons. The second-order valence-corrected chi connectivity index (χ2v) is 6.84. The van der Waals surface area contributed by atoms with Crippen molar-refractivity contribution in [1.82, 2.24) is 15.2 Å². The minimum Gasteiger partial charge on any atom is -0.381 e. The molecule has 29 heavy (non-hydrogen) atoms. The van der Waals surface area contributed by atoms with E-state index in [4.69, 9.17) is 4.74 Å². The molecule has 1 aliphatic rings. The van der Waals surface area contributed by atoms with Gasteiger partial charge in [0.25, 0.3) is 0 Å². The van der Waals surface area contributed by atoms with Gasteiger partial charge in [0.15, 0.2) is 5.96 Å². The van der Waals surface area contributed by atoms with Crippen molar-refractivity contribution < 1.29 is 4.74 Å². The highest BCUT2D eigenvalue weighted by Gasteiger charge is 2.20. The number of pyridine rings is 1. The van der Waals surface area contributed by atoms with E-state index in [1.807, 2.05) is 31.4 Å². The first kappa shape index (κ1) is 23.4. The second kappa shape index (κ2) is 13.4. The van der Waals surface area contributed by atoms with Gasteiger partial charge in [-0.1, -0.05) is 36.4 Å². The summed E-state index contributed by atoms with van der Waals surface area (Å²) >= 11 is 0. The number of hydrogen-bond donors (Lipinski definition) is 1. The number of rotatable bonds is 8. The molecule has 0 unspecified atom stereocenters. The highest BCUT2D eigenvalue weighted by atomic mass is 127. The number of ether oxygens (including phenoxy) is 1. The van der Waals surface area contributed by atoms with Crippen molar-refractivity contribution in [3.05, 3.63) is 60.3 Å². The predicted molar refractivity (Wildman–Crippen MR) is 130 cm³/mol. The molecule has 1 aromatic carbocycles. The van der Waals surface area contributed by atoms with Crippen molar-refractivity contribution in [2.75, 3.05) is 57.9 Å². The fraction of sp³-hybridized carbons (Fsp3) is 0.455. The lowest BCUT2D eigenvalue weighted by Crippen LogP contribution is -2.52. The Hall–Kier alpha value is -1.87. The fourth-order valence-electron chi connectivity index (χ4n) is 3.33. The molecule has 1 fully saturated rings. The molecule has 7 heteroatoms. The third-order valence-corrected chi connectivity index (χ3v) is 4.89. The number of hydrogen-bond acceptors (Lipinski definition) is 4. The van der Waals surface area contributed by atoms with Crippen LogP contribution in [0.25, 0.3) is 0 Å². The first-order valence-corrected chi connectivity index (χ1v) is 10.1. The topological polar surface area (TPSA) is 53.0 Å². The minimum absolute atomic E-state index is 0. The zero-order valence-electron chi connectivity index (χ0n) is 17.2. The van der Waals surface area contributed by atoms with E-state index in [9.17, 15) is 0 Å². The van der Waals surface area contributed by atoms with E-state index in [0.29, 0.717) is 0 Å². The molecule has 2 aromatic rings. The van der Waals surface area contributed by atoms with Gasteiger partial charge in [0.2, 0.25) is 0 Å². The van der Waals surface area contributed by atoms with E-state index in [-0.39, 0.29) is 24.0 Å². The third kappa shape index (κ3) is 7.81. The van der Waals surface area contributed by atoms with Crippen LogP contribution in [0, 0.1) is 0 Å². The van der Waals surface area contributed by atoms with Crippen LogP contribution < -0.4 is 10.2 Å². The molecule has 1 aromatic heterocycles. The SMILES string of the molecule is CN=C(NCCCOCCc1ccccc1)N1CCN(c2ccccn2)CC1.I. The largest absolute Gasteiger partial charge is 0.381 e. The highest BCUT2D eigenvalue weighted by Crippen LogP contribution is 2.12. The number of benzene rings is 1. The number of halogens is 1. The lowest BCUT2D eigenvalue weighted by molar-refractivity contribution is 0.135. The maximum Gasteiger partial charge on any atom is 0.193 e. The van der Waals surface area contributed by atoms with Crippen molar-refractivity contribution in [3.63, 3.8) is 0 Å². The lowest BCUT2D eigenvalue weighted by Gasteiger charge is -2.37. The summed E-state index contributed by atoms with van der Waals surface area (Å²) in [6.45, 7) is 6.23. The Balaban J connectivity index is 0.00000300. The van der Waals surface area contributed by atoms with Crippen molar-refractivity contribution in [2.45, 2.75) is 12.8 Å². The highest BCUT2D eigenvalue weighted by molar-refractivity contribution is 14.0. The van der Waals surface area contributed by atoms with Crippen molar-refractivity contribution in [2.24, 2.45) is 4.99 Å². The lowest BCUT2D eigenvalue weighted by atomic mass is 10.2. The molecule has 0 spiro atoms. The molecule has 0 aliphatic carbocycles. The van der Waals surface area contributed by atoms with Crippen molar-refractivity contribution in [3.8, 4) is 0 Å². The van der Waals surface area contributed by atoms with Crippen LogP contribution in [-0.4, -0.2) is 68.8 Å². The van der Waals surface area contributed by atoms with E-state index in [2.05, 4.69) is 55.4 Å². The average Bonchev–Trinajstić information content (AvgIpc) is 2.77. The molecule has 1 N–H and O–H groups in total. The fourth-order valence-corrected chi connectivity index (χ4v) is 3.33. The Morgan fingerprint density at radius 3 is 2.48 bits per heavy atom. The number of piperazine rings is 1. The van der Waals surface area contributed by atoms with Gasteiger partial charge in [0.1, 0.15) is 5.82 Å². The third-order valence-electron chi connectivity index (χ3n) is 4.89. The van der Waals surface area contributed by atoms with Crippen molar-refractivity contribution >= 4 is 35.8 Å². The van der Waals surface area contributed by atoms with Crippen LogP contribution >= 0.6 is 24.0 Å². The molecule has 1 saturated heterocycles. The van der Waals surface area contributed by atoms with E-state index < -0.39 is 0 Å². The van der Waals surface area contributed by atoms with Crippen LogP contribution in [-0.2, 0) is 11.2 Å². The quantitative estimate of drug-likeness (QED) is 0.257. The molecule has 3 rings (SSSR count). The predicted octanol–water partition coefficient (Wildman–Crippen LogP) is 3.05. The van der Waals surface area contributed by atoms with Gasteiger partial charge >= 0.3 is 0 Å². The van der Waals surface area contributed by atoms with Crippen LogP contribution in [0.3, 0.4) is 0 Å². The number of aromatic nitrogens is 1. The number of anilines is 1. The normalized spacial score (nSPS) is 14.4. The molecule has 2 heterocycles. The van der Waals surface area contributed by atoms with Crippen LogP contribution in [0.4, 0.5) is 5.82 Å². The van der Waals surface area contributed by atoms with Crippen LogP contribution in [0.1, 0.15) is 12.0 Å². The molecule has 0 radical (unpaired) electrons. The Kier molecular flexibility index (Phi) is 10.8. The number of guanidine groups is 1. The maximum atomic E-state index is 5.75. The van der Waals surface area contributed by atoms with Gasteiger partial charge in [-0.05, 0) is 30.5 Å². The molecule has 0 saturated carbocycles. The van der Waals surface area contributed by atoms with Crippen LogP contribution in [0.5, 0.6) is 0 Å². The van der Waals surface area contributed by atoms with Crippen LogP contribution in [0.2, 0.25) is 0 Å². The summed E-state index contributed by atoms with van der Waals surface area (Å²) in [5.41, 5.74) is 1.32. The average molecular weight is 509 g/mol. The molecular weight excluding hydrogens is 477 g/mol. The summed E-state index contributed by atoms with van der Waals surface area (Å²) < 4.78 is 5.75. The van der Waals surface area contributed by atoms with E-state index in [1.54, 1.807) is 0 Å². The number of aliphatic imine (C=N–C) groups is 1. The smallest absolute Gasteiger partial charge is 0.193 e. The summed E-state index contributed by atoms with van der Waals surface area (Å²) in [5, 5.41) is 3.46. The van der Waals surface area contributed by atoms with E-state index in [1.165, 1.54) is 5.56 Å².